The number of anilines is 1. The lowest BCUT2D eigenvalue weighted by Crippen LogP contribution is -2.36. The minimum atomic E-state index is -0.222. The van der Waals surface area contributed by atoms with Gasteiger partial charge < -0.3 is 15.5 Å². The molecular weight excluding hydrogens is 316 g/mol. The van der Waals surface area contributed by atoms with E-state index in [2.05, 4.69) is 44.9 Å². The third-order valence-electron chi connectivity index (χ3n) is 3.96. The van der Waals surface area contributed by atoms with E-state index in [0.29, 0.717) is 25.2 Å². The van der Waals surface area contributed by atoms with E-state index in [1.165, 1.54) is 11.9 Å². The highest BCUT2D eigenvalue weighted by Gasteiger charge is 2.07. The molecule has 0 fully saturated rings. The number of aromatic nitrogens is 2. The Morgan fingerprint density at radius 2 is 1.96 bits per heavy atom. The predicted octanol–water partition coefficient (Wildman–Crippen LogP) is 1.63. The molecule has 0 aliphatic carbocycles. The lowest BCUT2D eigenvalue weighted by molar-refractivity contribution is 0.240. The first-order valence-corrected chi connectivity index (χ1v) is 8.18. The molecule has 0 bridgehead atoms. The zero-order valence-corrected chi connectivity index (χ0v) is 13.9. The molecule has 128 valence electrons. The van der Waals surface area contributed by atoms with E-state index >= 15 is 0 Å². The second-order valence-electron chi connectivity index (χ2n) is 5.76. The maximum absolute atomic E-state index is 11.8. The van der Waals surface area contributed by atoms with Gasteiger partial charge >= 0.3 is 6.03 Å². The number of hydrogen-bond acceptors (Lipinski definition) is 4. The van der Waals surface area contributed by atoms with Crippen LogP contribution >= 0.6 is 0 Å². The van der Waals surface area contributed by atoms with Gasteiger partial charge in [-0.1, -0.05) is 24.3 Å². The van der Waals surface area contributed by atoms with Gasteiger partial charge in [-0.25, -0.2) is 4.79 Å². The van der Waals surface area contributed by atoms with Crippen molar-refractivity contribution in [2.45, 2.75) is 13.1 Å². The van der Waals surface area contributed by atoms with E-state index in [4.69, 9.17) is 5.26 Å². The fraction of sp³-hybridized carbons (Fsp3) is 0.278. The highest BCUT2D eigenvalue weighted by Crippen LogP contribution is 2.17. The molecule has 3 rings (SSSR count). The lowest BCUT2D eigenvalue weighted by atomic mass is 10.2. The number of rotatable bonds is 6. The Labute approximate surface area is 146 Å². The number of amides is 2. The van der Waals surface area contributed by atoms with Crippen molar-refractivity contribution in [2.75, 3.05) is 24.5 Å². The minimum Gasteiger partial charge on any atom is -0.364 e. The van der Waals surface area contributed by atoms with Gasteiger partial charge in [0.05, 0.1) is 18.3 Å². The Balaban J connectivity index is 1.37. The van der Waals surface area contributed by atoms with Crippen LogP contribution in [0.15, 0.2) is 48.8 Å². The molecule has 0 saturated carbocycles. The summed E-state index contributed by atoms with van der Waals surface area (Å²) < 4.78 is 1.63. The van der Waals surface area contributed by atoms with Crippen LogP contribution in [0.4, 0.5) is 10.5 Å². The first kappa shape index (κ1) is 16.6. The monoisotopic (exact) mass is 336 g/mol. The third-order valence-corrected chi connectivity index (χ3v) is 3.96. The van der Waals surface area contributed by atoms with Crippen molar-refractivity contribution < 1.29 is 4.79 Å². The van der Waals surface area contributed by atoms with Crippen LogP contribution in [0.2, 0.25) is 0 Å². The first-order valence-electron chi connectivity index (χ1n) is 8.18. The highest BCUT2D eigenvalue weighted by molar-refractivity contribution is 5.73. The van der Waals surface area contributed by atoms with Crippen LogP contribution in [-0.2, 0) is 13.1 Å². The topological polar surface area (TPSA) is 86.0 Å². The Bertz CT molecular complexity index is 779. The van der Waals surface area contributed by atoms with Gasteiger partial charge in [0.15, 0.2) is 0 Å². The van der Waals surface area contributed by atoms with Gasteiger partial charge in [0, 0.05) is 38.1 Å². The van der Waals surface area contributed by atoms with Crippen molar-refractivity contribution in [3.8, 4) is 6.07 Å². The smallest absolute Gasteiger partial charge is 0.315 e. The van der Waals surface area contributed by atoms with Gasteiger partial charge in [-0.3, -0.25) is 4.68 Å². The van der Waals surface area contributed by atoms with Gasteiger partial charge in [0.25, 0.3) is 0 Å². The summed E-state index contributed by atoms with van der Waals surface area (Å²) >= 11 is 0. The first-order chi connectivity index (χ1) is 12.2. The molecule has 2 aromatic rings. The summed E-state index contributed by atoms with van der Waals surface area (Å²) in [6, 6.07) is 10.0. The van der Waals surface area contributed by atoms with Gasteiger partial charge in [-0.15, -0.1) is 0 Å². The summed E-state index contributed by atoms with van der Waals surface area (Å²) in [7, 11) is 0. The number of carbonyl (C=O) groups excluding carboxylic acids is 1. The van der Waals surface area contributed by atoms with Crippen molar-refractivity contribution in [3.05, 3.63) is 59.9 Å². The Hall–Kier alpha value is -3.27. The summed E-state index contributed by atoms with van der Waals surface area (Å²) in [6.45, 7) is 3.34. The largest absolute Gasteiger partial charge is 0.364 e. The average molecular weight is 336 g/mol. The van der Waals surface area contributed by atoms with Gasteiger partial charge in [-0.05, 0) is 17.7 Å². The van der Waals surface area contributed by atoms with Crippen LogP contribution < -0.4 is 15.5 Å². The van der Waals surface area contributed by atoms with Crippen molar-refractivity contribution in [1.29, 1.82) is 5.26 Å². The number of benzene rings is 1. The summed E-state index contributed by atoms with van der Waals surface area (Å²) in [5, 5.41) is 18.4. The second-order valence-corrected chi connectivity index (χ2v) is 5.76. The summed E-state index contributed by atoms with van der Waals surface area (Å²) in [5.74, 6) is 0. The average Bonchev–Trinajstić information content (AvgIpc) is 3.32. The molecule has 1 aromatic heterocycles. The molecule has 1 aliphatic heterocycles. The highest BCUT2D eigenvalue weighted by atomic mass is 16.2. The van der Waals surface area contributed by atoms with Crippen LogP contribution in [0.1, 0.15) is 11.1 Å². The van der Waals surface area contributed by atoms with E-state index in [9.17, 15) is 4.79 Å². The van der Waals surface area contributed by atoms with Crippen LogP contribution in [0, 0.1) is 11.3 Å². The molecule has 7 heteroatoms. The maximum atomic E-state index is 11.8. The molecular formula is C18H20N6O. The normalized spacial score (nSPS) is 12.8. The molecule has 0 saturated heterocycles. The fourth-order valence-corrected chi connectivity index (χ4v) is 2.59. The van der Waals surface area contributed by atoms with Crippen molar-refractivity contribution in [1.82, 2.24) is 20.4 Å². The number of hydrogen-bond donors (Lipinski definition) is 2. The molecule has 2 heterocycles. The van der Waals surface area contributed by atoms with Crippen molar-refractivity contribution >= 4 is 11.7 Å². The molecule has 2 amide bonds. The Morgan fingerprint density at radius 3 is 2.64 bits per heavy atom. The van der Waals surface area contributed by atoms with Crippen molar-refractivity contribution in [2.24, 2.45) is 0 Å². The maximum Gasteiger partial charge on any atom is 0.315 e. The van der Waals surface area contributed by atoms with Gasteiger partial charge in [-0.2, -0.15) is 10.4 Å². The van der Waals surface area contributed by atoms with Gasteiger partial charge in [0.1, 0.15) is 6.07 Å². The zero-order chi connectivity index (χ0) is 17.5. The third kappa shape index (κ3) is 4.61. The minimum absolute atomic E-state index is 0.222. The second kappa shape index (κ2) is 8.02. The number of nitriles is 1. The van der Waals surface area contributed by atoms with E-state index in [-0.39, 0.29) is 6.03 Å². The van der Waals surface area contributed by atoms with Crippen LogP contribution in [-0.4, -0.2) is 35.4 Å². The summed E-state index contributed by atoms with van der Waals surface area (Å²) in [4.78, 5) is 14.1. The van der Waals surface area contributed by atoms with E-state index in [1.807, 2.05) is 18.2 Å². The molecule has 7 nitrogen and oxygen atoms in total. The van der Waals surface area contributed by atoms with E-state index < -0.39 is 0 Å². The van der Waals surface area contributed by atoms with E-state index in [0.717, 1.165) is 18.7 Å². The molecule has 1 aliphatic rings. The summed E-state index contributed by atoms with van der Waals surface area (Å²) in [5.41, 5.74) is 2.75. The molecule has 0 unspecified atom stereocenters. The number of nitrogens with zero attached hydrogens (tertiary/aromatic N) is 4. The molecule has 1 aromatic carbocycles. The molecule has 0 radical (unpaired) electrons. The molecule has 2 N–H and O–H groups in total. The zero-order valence-electron chi connectivity index (χ0n) is 13.9. The molecule has 0 spiro atoms. The Morgan fingerprint density at radius 1 is 1.20 bits per heavy atom. The van der Waals surface area contributed by atoms with Crippen LogP contribution in [0.25, 0.3) is 0 Å². The quantitative estimate of drug-likeness (QED) is 0.785. The number of carbonyl (C=O) groups is 1. The number of nitrogens with one attached hydrogen (secondary N) is 2. The van der Waals surface area contributed by atoms with Crippen LogP contribution in [0.5, 0.6) is 0 Å². The van der Waals surface area contributed by atoms with Crippen molar-refractivity contribution in [3.63, 3.8) is 0 Å². The number of urea groups is 1. The molecule has 0 atom stereocenters. The van der Waals surface area contributed by atoms with Gasteiger partial charge in [0.2, 0.25) is 0 Å². The summed E-state index contributed by atoms with van der Waals surface area (Å²) in [6.07, 6.45) is 7.47. The van der Waals surface area contributed by atoms with E-state index in [1.54, 1.807) is 10.9 Å². The SMILES string of the molecule is N#Cc1cnn(CCNC(=O)NCc2ccc(N3CC=CC3)cc2)c1. The fourth-order valence-electron chi connectivity index (χ4n) is 2.59. The molecule has 25 heavy (non-hydrogen) atoms. The Kier molecular flexibility index (Phi) is 5.32. The van der Waals surface area contributed by atoms with Crippen LogP contribution in [0.3, 0.4) is 0 Å². The standard InChI is InChI=1S/C18H20N6O/c19-11-16-13-22-24(14-16)10-7-20-18(25)21-12-15-3-5-17(6-4-15)23-8-1-2-9-23/h1-6,13-14H,7-10,12H2,(H2,20,21,25). The lowest BCUT2D eigenvalue weighted by Gasteiger charge is -2.17. The predicted molar refractivity (Wildman–Crippen MR) is 95.0 cm³/mol.